The molecule has 0 unspecified atom stereocenters. The summed E-state index contributed by atoms with van der Waals surface area (Å²) in [6, 6.07) is 7.20. The van der Waals surface area contributed by atoms with Crippen molar-refractivity contribution < 1.29 is 8.42 Å². The normalized spacial score (nSPS) is 16.1. The average molecular weight is 314 g/mol. The molecule has 0 saturated heterocycles. The van der Waals surface area contributed by atoms with Gasteiger partial charge in [-0.1, -0.05) is 12.1 Å². The highest BCUT2D eigenvalue weighted by Crippen LogP contribution is 2.27. The molecule has 0 spiro atoms. The van der Waals surface area contributed by atoms with Crippen LogP contribution < -0.4 is 10.0 Å². The molecule has 0 amide bonds. The summed E-state index contributed by atoms with van der Waals surface area (Å²) in [5, 5.41) is 3.26. The Morgan fingerprint density at radius 2 is 1.95 bits per heavy atom. The van der Waals surface area contributed by atoms with Crippen LogP contribution in [-0.2, 0) is 10.0 Å². The Labute approximate surface area is 125 Å². The Kier molecular flexibility index (Phi) is 4.66. The van der Waals surface area contributed by atoms with Crippen LogP contribution in [0.25, 0.3) is 0 Å². The van der Waals surface area contributed by atoms with Gasteiger partial charge in [0.05, 0.1) is 5.69 Å². The lowest BCUT2D eigenvalue weighted by molar-refractivity contribution is 0.581. The van der Waals surface area contributed by atoms with Gasteiger partial charge in [-0.2, -0.15) is 11.8 Å². The van der Waals surface area contributed by atoms with E-state index in [4.69, 9.17) is 0 Å². The maximum absolute atomic E-state index is 12.3. The van der Waals surface area contributed by atoms with Crippen molar-refractivity contribution in [3.8, 4) is 0 Å². The van der Waals surface area contributed by atoms with Crippen LogP contribution in [0.2, 0.25) is 0 Å². The van der Waals surface area contributed by atoms with Gasteiger partial charge < -0.3 is 5.32 Å². The number of anilines is 1. The van der Waals surface area contributed by atoms with Gasteiger partial charge in [0.1, 0.15) is 4.90 Å². The van der Waals surface area contributed by atoms with Gasteiger partial charge in [-0.15, -0.1) is 0 Å². The minimum absolute atomic E-state index is 0.0563. The molecular formula is C14H22N2O2S2. The fraction of sp³-hybridized carbons (Fsp3) is 0.571. The van der Waals surface area contributed by atoms with Crippen molar-refractivity contribution in [2.24, 2.45) is 0 Å². The van der Waals surface area contributed by atoms with Gasteiger partial charge in [-0.25, -0.2) is 13.1 Å². The van der Waals surface area contributed by atoms with Gasteiger partial charge in [-0.05, 0) is 45.1 Å². The van der Waals surface area contributed by atoms with Crippen LogP contribution in [0.4, 0.5) is 5.69 Å². The minimum Gasteiger partial charge on any atom is -0.383 e. The topological polar surface area (TPSA) is 58.2 Å². The third kappa shape index (κ3) is 4.14. The van der Waals surface area contributed by atoms with Crippen LogP contribution in [0.1, 0.15) is 26.7 Å². The first kappa shape index (κ1) is 15.7. The number of hydrogen-bond acceptors (Lipinski definition) is 4. The van der Waals surface area contributed by atoms with Crippen molar-refractivity contribution in [1.29, 1.82) is 0 Å². The monoisotopic (exact) mass is 314 g/mol. The summed E-state index contributed by atoms with van der Waals surface area (Å²) >= 11 is 1.75. The molecule has 0 radical (unpaired) electrons. The second kappa shape index (κ2) is 5.95. The quantitative estimate of drug-likeness (QED) is 0.812. The van der Waals surface area contributed by atoms with E-state index in [1.807, 2.05) is 12.1 Å². The van der Waals surface area contributed by atoms with E-state index in [0.717, 1.165) is 12.8 Å². The summed E-state index contributed by atoms with van der Waals surface area (Å²) in [4.78, 5) is 0.337. The molecule has 1 aliphatic rings. The van der Waals surface area contributed by atoms with Gasteiger partial charge in [-0.3, -0.25) is 0 Å². The van der Waals surface area contributed by atoms with E-state index in [9.17, 15) is 8.42 Å². The number of rotatable bonds is 7. The second-order valence-electron chi connectivity index (χ2n) is 5.71. The van der Waals surface area contributed by atoms with Crippen LogP contribution >= 0.6 is 11.8 Å². The summed E-state index contributed by atoms with van der Waals surface area (Å²) in [5.74, 6) is 0. The molecular weight excluding hydrogens is 292 g/mol. The predicted octanol–water partition coefficient (Wildman–Crippen LogP) is 2.68. The van der Waals surface area contributed by atoms with Crippen LogP contribution in [0.3, 0.4) is 0 Å². The molecule has 1 aromatic rings. The first-order chi connectivity index (χ1) is 9.34. The van der Waals surface area contributed by atoms with Crippen LogP contribution in [0, 0.1) is 0 Å². The molecule has 112 valence electrons. The fourth-order valence-corrected chi connectivity index (χ4v) is 3.42. The van der Waals surface area contributed by atoms with Crippen molar-refractivity contribution in [1.82, 2.24) is 4.72 Å². The highest BCUT2D eigenvalue weighted by Gasteiger charge is 2.29. The Bertz CT molecular complexity index is 566. The lowest BCUT2D eigenvalue weighted by atomic mass is 10.2. The first-order valence-corrected chi connectivity index (χ1v) is 9.45. The number of para-hydroxylation sites is 1. The molecule has 20 heavy (non-hydrogen) atoms. The predicted molar refractivity (Wildman–Crippen MR) is 85.9 cm³/mol. The fourth-order valence-electron chi connectivity index (χ4n) is 1.71. The summed E-state index contributed by atoms with van der Waals surface area (Å²) in [6.07, 6.45) is 3.93. The Morgan fingerprint density at radius 3 is 2.55 bits per heavy atom. The van der Waals surface area contributed by atoms with Crippen LogP contribution in [0.15, 0.2) is 29.2 Å². The minimum atomic E-state index is -3.42. The van der Waals surface area contributed by atoms with Gasteiger partial charge in [0.2, 0.25) is 10.0 Å². The molecule has 6 heteroatoms. The molecule has 2 N–H and O–H groups in total. The molecule has 1 aromatic carbocycles. The molecule has 0 aromatic heterocycles. The van der Waals surface area contributed by atoms with Crippen molar-refractivity contribution in [3.63, 3.8) is 0 Å². The molecule has 1 saturated carbocycles. The Morgan fingerprint density at radius 1 is 1.30 bits per heavy atom. The van der Waals surface area contributed by atoms with Crippen molar-refractivity contribution in [2.45, 2.75) is 42.4 Å². The van der Waals surface area contributed by atoms with E-state index in [2.05, 4.69) is 30.1 Å². The highest BCUT2D eigenvalue weighted by atomic mass is 32.2. The maximum atomic E-state index is 12.3. The van der Waals surface area contributed by atoms with Gasteiger partial charge in [0.15, 0.2) is 0 Å². The second-order valence-corrected chi connectivity index (χ2v) is 8.90. The van der Waals surface area contributed by atoms with Gasteiger partial charge in [0.25, 0.3) is 0 Å². The van der Waals surface area contributed by atoms with Gasteiger partial charge in [0, 0.05) is 17.3 Å². The van der Waals surface area contributed by atoms with E-state index in [1.54, 1.807) is 23.9 Å². The molecule has 0 bridgehead atoms. The Balaban J connectivity index is 2.17. The zero-order valence-electron chi connectivity index (χ0n) is 12.1. The van der Waals surface area contributed by atoms with Crippen LogP contribution in [0.5, 0.6) is 0 Å². The summed E-state index contributed by atoms with van der Waals surface area (Å²) < 4.78 is 27.5. The number of thioether (sulfide) groups is 1. The molecule has 1 fully saturated rings. The lowest BCUT2D eigenvalue weighted by Crippen LogP contribution is -2.29. The average Bonchev–Trinajstić information content (AvgIpc) is 3.20. The number of sulfonamides is 1. The van der Waals surface area contributed by atoms with Crippen LogP contribution in [-0.4, -0.2) is 32.0 Å². The zero-order chi connectivity index (χ0) is 14.8. The van der Waals surface area contributed by atoms with E-state index < -0.39 is 10.0 Å². The smallest absolute Gasteiger partial charge is 0.242 e. The third-order valence-electron chi connectivity index (χ3n) is 3.33. The number of benzene rings is 1. The van der Waals surface area contributed by atoms with Crippen molar-refractivity contribution >= 4 is 27.5 Å². The molecule has 0 atom stereocenters. The SMILES string of the molecule is CSC(C)(C)CNc1ccccc1S(=O)(=O)NC1CC1. The standard InChI is InChI=1S/C14H22N2O2S2/c1-14(2,19-3)10-15-12-6-4-5-7-13(12)20(17,18)16-11-8-9-11/h4-7,11,15-16H,8-10H2,1-3H3. The zero-order valence-corrected chi connectivity index (χ0v) is 13.8. The largest absolute Gasteiger partial charge is 0.383 e. The van der Waals surface area contributed by atoms with E-state index >= 15 is 0 Å². The van der Waals surface area contributed by atoms with Crippen molar-refractivity contribution in [2.75, 3.05) is 18.1 Å². The molecule has 4 nitrogen and oxygen atoms in total. The van der Waals surface area contributed by atoms with Crippen molar-refractivity contribution in [3.05, 3.63) is 24.3 Å². The first-order valence-electron chi connectivity index (χ1n) is 6.74. The molecule has 1 aliphatic carbocycles. The van der Waals surface area contributed by atoms with E-state index in [0.29, 0.717) is 17.1 Å². The molecule has 2 rings (SSSR count). The van der Waals surface area contributed by atoms with E-state index in [1.165, 1.54) is 0 Å². The molecule has 0 aliphatic heterocycles. The van der Waals surface area contributed by atoms with E-state index in [-0.39, 0.29) is 10.8 Å². The molecule has 0 heterocycles. The van der Waals surface area contributed by atoms with Gasteiger partial charge >= 0.3 is 0 Å². The third-order valence-corrected chi connectivity index (χ3v) is 6.16. The number of nitrogens with one attached hydrogen (secondary N) is 2. The number of hydrogen-bond donors (Lipinski definition) is 2. The lowest BCUT2D eigenvalue weighted by Gasteiger charge is -2.24. The summed E-state index contributed by atoms with van der Waals surface area (Å²) in [7, 11) is -3.42. The maximum Gasteiger partial charge on any atom is 0.242 e. The highest BCUT2D eigenvalue weighted by molar-refractivity contribution is 7.99. The Hall–Kier alpha value is -0.720. The summed E-state index contributed by atoms with van der Waals surface area (Å²) in [5.41, 5.74) is 0.669. The summed E-state index contributed by atoms with van der Waals surface area (Å²) in [6.45, 7) is 4.97.